The summed E-state index contributed by atoms with van der Waals surface area (Å²) >= 11 is 0. The molecule has 0 aromatic carbocycles. The van der Waals surface area contributed by atoms with Gasteiger partial charge >= 0.3 is 0 Å². The highest BCUT2D eigenvalue weighted by Crippen LogP contribution is 2.57. The second-order valence-electron chi connectivity index (χ2n) is 10.7. The second kappa shape index (κ2) is 9.17. The predicted molar refractivity (Wildman–Crippen MR) is 124 cm³/mol. The molecule has 1 unspecified atom stereocenters. The standard InChI is InChI=1S/C27H40O4/c1-17(8-13-25(30)26(3,4)31)22-11-12-23-19(7-6-14-27(22,23)5)9-10-20-15-21(28)16-24(29)18(20)2/h9-11,17,21,23-24,28-29,31H,2,6-8,12-16H2,1,3-5H3/b19-9+,20-10-/t17-,21-,23+,24?,27-/m1/s1. The maximum Gasteiger partial charge on any atom is 0.163 e. The molecule has 3 aliphatic rings. The van der Waals surface area contributed by atoms with Gasteiger partial charge in [0.15, 0.2) is 5.78 Å². The van der Waals surface area contributed by atoms with E-state index in [0.29, 0.717) is 31.1 Å². The van der Waals surface area contributed by atoms with Gasteiger partial charge in [0.1, 0.15) is 5.60 Å². The largest absolute Gasteiger partial charge is 0.393 e. The van der Waals surface area contributed by atoms with Crippen LogP contribution in [0.15, 0.2) is 47.1 Å². The molecule has 2 saturated carbocycles. The summed E-state index contributed by atoms with van der Waals surface area (Å²) in [6, 6.07) is 0. The fraction of sp³-hybridized carbons (Fsp3) is 0.667. The van der Waals surface area contributed by atoms with Gasteiger partial charge < -0.3 is 15.3 Å². The Morgan fingerprint density at radius 3 is 2.74 bits per heavy atom. The van der Waals surface area contributed by atoms with Gasteiger partial charge in [-0.3, -0.25) is 4.79 Å². The number of hydrogen-bond acceptors (Lipinski definition) is 4. The van der Waals surface area contributed by atoms with Crippen LogP contribution in [0.2, 0.25) is 0 Å². The Labute approximate surface area is 187 Å². The Morgan fingerprint density at radius 2 is 2.06 bits per heavy atom. The van der Waals surface area contributed by atoms with Crippen LogP contribution in [-0.2, 0) is 4.79 Å². The number of allylic oxidation sites excluding steroid dienone is 5. The first-order valence-electron chi connectivity index (χ1n) is 11.8. The van der Waals surface area contributed by atoms with Crippen molar-refractivity contribution < 1.29 is 20.1 Å². The molecule has 3 aliphatic carbocycles. The lowest BCUT2D eigenvalue weighted by Gasteiger charge is -2.42. The molecule has 3 N–H and O–H groups in total. The van der Waals surface area contributed by atoms with Crippen molar-refractivity contribution in [3.8, 4) is 0 Å². The number of ketones is 1. The summed E-state index contributed by atoms with van der Waals surface area (Å²) in [6.45, 7) is 11.7. The van der Waals surface area contributed by atoms with Crippen molar-refractivity contribution in [3.05, 3.63) is 47.1 Å². The molecule has 0 saturated heterocycles. The number of carbonyl (C=O) groups excluding carboxylic acids is 1. The molecule has 0 bridgehead atoms. The Morgan fingerprint density at radius 1 is 1.35 bits per heavy atom. The van der Waals surface area contributed by atoms with Crippen molar-refractivity contribution in [2.45, 2.75) is 96.9 Å². The van der Waals surface area contributed by atoms with Crippen LogP contribution in [-0.4, -0.2) is 38.9 Å². The summed E-state index contributed by atoms with van der Waals surface area (Å²) in [5.41, 5.74) is 3.45. The molecule has 4 nitrogen and oxygen atoms in total. The highest BCUT2D eigenvalue weighted by molar-refractivity contribution is 5.86. The van der Waals surface area contributed by atoms with Crippen molar-refractivity contribution >= 4 is 5.78 Å². The van der Waals surface area contributed by atoms with Gasteiger partial charge in [-0.2, -0.15) is 0 Å². The van der Waals surface area contributed by atoms with E-state index in [1.54, 1.807) is 13.8 Å². The van der Waals surface area contributed by atoms with Crippen LogP contribution in [0, 0.1) is 17.3 Å². The third-order valence-electron chi connectivity index (χ3n) is 7.89. The summed E-state index contributed by atoms with van der Waals surface area (Å²) in [7, 11) is 0. The van der Waals surface area contributed by atoms with E-state index in [9.17, 15) is 20.1 Å². The Balaban J connectivity index is 1.73. The van der Waals surface area contributed by atoms with E-state index in [-0.39, 0.29) is 11.2 Å². The first-order chi connectivity index (χ1) is 14.4. The quantitative estimate of drug-likeness (QED) is 0.531. The fourth-order valence-electron chi connectivity index (χ4n) is 5.89. The molecule has 0 spiro atoms. The lowest BCUT2D eigenvalue weighted by atomic mass is 9.62. The Bertz CT molecular complexity index is 810. The molecule has 4 heteroatoms. The molecular formula is C27H40O4. The minimum absolute atomic E-state index is 0.0902. The van der Waals surface area contributed by atoms with Crippen LogP contribution >= 0.6 is 0 Å². The van der Waals surface area contributed by atoms with Gasteiger partial charge in [0.05, 0.1) is 12.2 Å². The third kappa shape index (κ3) is 5.13. The van der Waals surface area contributed by atoms with Gasteiger partial charge in [-0.15, -0.1) is 0 Å². The van der Waals surface area contributed by atoms with Gasteiger partial charge in [-0.1, -0.05) is 49.8 Å². The SMILES string of the molecule is C=C1/C(=C\C=C2/CCC[C@]3(C)C([C@H](C)CCC(=O)C(C)(C)O)=CC[C@@H]23)C[C@@H](O)CC1O. The zero-order chi connectivity index (χ0) is 23.0. The number of aliphatic hydroxyl groups excluding tert-OH is 2. The molecule has 3 rings (SSSR count). The van der Waals surface area contributed by atoms with Gasteiger partial charge in [-0.05, 0) is 80.8 Å². The molecule has 0 aliphatic heterocycles. The molecule has 31 heavy (non-hydrogen) atoms. The van der Waals surface area contributed by atoms with E-state index in [2.05, 4.69) is 38.7 Å². The number of hydrogen-bond donors (Lipinski definition) is 3. The topological polar surface area (TPSA) is 77.8 Å². The predicted octanol–water partition coefficient (Wildman–Crippen LogP) is 4.80. The van der Waals surface area contributed by atoms with Gasteiger partial charge in [0.2, 0.25) is 0 Å². The van der Waals surface area contributed by atoms with Crippen molar-refractivity contribution in [2.75, 3.05) is 0 Å². The Kier molecular flexibility index (Phi) is 7.15. The lowest BCUT2D eigenvalue weighted by Crippen LogP contribution is -2.34. The van der Waals surface area contributed by atoms with Gasteiger partial charge in [-0.25, -0.2) is 0 Å². The maximum absolute atomic E-state index is 12.2. The summed E-state index contributed by atoms with van der Waals surface area (Å²) < 4.78 is 0. The van der Waals surface area contributed by atoms with Crippen LogP contribution in [0.5, 0.6) is 0 Å². The lowest BCUT2D eigenvalue weighted by molar-refractivity contribution is -0.134. The average molecular weight is 429 g/mol. The normalized spacial score (nSPS) is 35.3. The number of fused-ring (bicyclic) bond motifs is 1. The zero-order valence-corrected chi connectivity index (χ0v) is 19.7. The van der Waals surface area contributed by atoms with Crippen molar-refractivity contribution in [1.29, 1.82) is 0 Å². The highest BCUT2D eigenvalue weighted by atomic mass is 16.3. The van der Waals surface area contributed by atoms with E-state index in [4.69, 9.17) is 0 Å². The fourth-order valence-corrected chi connectivity index (χ4v) is 5.89. The first kappa shape index (κ1) is 24.2. The van der Waals surface area contributed by atoms with E-state index in [0.717, 1.165) is 43.3 Å². The molecular weight excluding hydrogens is 388 g/mol. The van der Waals surface area contributed by atoms with Crippen molar-refractivity contribution in [1.82, 2.24) is 0 Å². The molecule has 0 radical (unpaired) electrons. The Hall–Kier alpha value is -1.49. The molecule has 2 fully saturated rings. The van der Waals surface area contributed by atoms with Crippen LogP contribution in [0.4, 0.5) is 0 Å². The summed E-state index contributed by atoms with van der Waals surface area (Å²) in [6.07, 6.45) is 12.0. The van der Waals surface area contributed by atoms with E-state index in [1.807, 2.05) is 0 Å². The number of carbonyl (C=O) groups is 1. The van der Waals surface area contributed by atoms with Gasteiger partial charge in [0, 0.05) is 12.8 Å². The van der Waals surface area contributed by atoms with E-state index >= 15 is 0 Å². The average Bonchev–Trinajstić information content (AvgIpc) is 3.04. The molecule has 0 heterocycles. The van der Waals surface area contributed by atoms with Crippen LogP contribution in [0.1, 0.15) is 79.1 Å². The third-order valence-corrected chi connectivity index (χ3v) is 7.89. The highest BCUT2D eigenvalue weighted by Gasteiger charge is 2.46. The van der Waals surface area contributed by atoms with E-state index < -0.39 is 17.8 Å². The number of aliphatic hydroxyl groups is 3. The van der Waals surface area contributed by atoms with Crippen molar-refractivity contribution in [3.63, 3.8) is 0 Å². The van der Waals surface area contributed by atoms with E-state index in [1.165, 1.54) is 11.1 Å². The molecule has 0 amide bonds. The van der Waals surface area contributed by atoms with Crippen molar-refractivity contribution in [2.24, 2.45) is 17.3 Å². The molecule has 0 aromatic heterocycles. The summed E-state index contributed by atoms with van der Waals surface area (Å²) in [5.74, 6) is 0.697. The van der Waals surface area contributed by atoms with Crippen LogP contribution < -0.4 is 0 Å². The second-order valence-corrected chi connectivity index (χ2v) is 10.7. The maximum atomic E-state index is 12.2. The van der Waals surface area contributed by atoms with Crippen LogP contribution in [0.3, 0.4) is 0 Å². The molecule has 172 valence electrons. The van der Waals surface area contributed by atoms with Crippen LogP contribution in [0.25, 0.3) is 0 Å². The van der Waals surface area contributed by atoms with Gasteiger partial charge in [0.25, 0.3) is 0 Å². The first-order valence-corrected chi connectivity index (χ1v) is 11.8. The monoisotopic (exact) mass is 428 g/mol. The zero-order valence-electron chi connectivity index (χ0n) is 19.7. The summed E-state index contributed by atoms with van der Waals surface area (Å²) in [4.78, 5) is 12.2. The molecule has 0 aromatic rings. The minimum atomic E-state index is -1.26. The number of Topliss-reactive ketones (excluding diaryl/α,β-unsaturated/α-hetero) is 1. The minimum Gasteiger partial charge on any atom is -0.393 e. The molecule has 5 atom stereocenters. The number of rotatable bonds is 6. The smallest absolute Gasteiger partial charge is 0.163 e. The summed E-state index contributed by atoms with van der Waals surface area (Å²) in [5, 5.41) is 30.1.